The van der Waals surface area contributed by atoms with E-state index in [1.165, 1.54) is 0 Å². The van der Waals surface area contributed by atoms with Crippen LogP contribution in [0.1, 0.15) is 26.7 Å². The Morgan fingerprint density at radius 1 is 1.40 bits per heavy atom. The van der Waals surface area contributed by atoms with Gasteiger partial charge in [-0.3, -0.25) is 15.3 Å². The summed E-state index contributed by atoms with van der Waals surface area (Å²) < 4.78 is 0. The fraction of sp³-hybridized carbons (Fsp3) is 0.714. The summed E-state index contributed by atoms with van der Waals surface area (Å²) in [5.74, 6) is -0.632. The molecule has 0 aromatic rings. The number of rotatable bonds is 4. The van der Waals surface area contributed by atoms with Crippen molar-refractivity contribution in [2.45, 2.75) is 26.7 Å². The number of Topliss-reactive ketones (excluding diaryl/α,β-unsaturated/α-hetero) is 1. The minimum Gasteiger partial charge on any atom is -0.299 e. The van der Waals surface area contributed by atoms with E-state index in [0.717, 1.165) is 0 Å². The molecule has 0 rings (SSSR count). The molecule has 0 heterocycles. The van der Waals surface area contributed by atoms with Crippen molar-refractivity contribution >= 4 is 11.7 Å². The summed E-state index contributed by atoms with van der Waals surface area (Å²) >= 11 is 0. The van der Waals surface area contributed by atoms with Crippen molar-refractivity contribution in [2.24, 2.45) is 5.92 Å². The predicted octanol–water partition coefficient (Wildman–Crippen LogP) is 0.801. The zero-order chi connectivity index (χ0) is 8.15. The second kappa shape index (κ2) is 4.04. The van der Waals surface area contributed by atoms with Crippen molar-refractivity contribution in [1.82, 2.24) is 5.73 Å². The molecule has 1 amide bonds. The second-order valence-corrected chi connectivity index (χ2v) is 2.74. The molecule has 3 nitrogen and oxygen atoms in total. The zero-order valence-corrected chi connectivity index (χ0v) is 6.31. The predicted molar refractivity (Wildman–Crippen MR) is 37.2 cm³/mol. The van der Waals surface area contributed by atoms with Gasteiger partial charge in [0, 0.05) is 6.42 Å². The normalized spacial score (nSPS) is 9.90. The lowest BCUT2D eigenvalue weighted by atomic mass is 10.1. The monoisotopic (exact) mass is 142 g/mol. The van der Waals surface area contributed by atoms with Crippen LogP contribution in [0.25, 0.3) is 0 Å². The summed E-state index contributed by atoms with van der Waals surface area (Å²) in [5, 5.41) is 0. The summed E-state index contributed by atoms with van der Waals surface area (Å²) in [7, 11) is 0. The van der Waals surface area contributed by atoms with Crippen molar-refractivity contribution in [3.63, 3.8) is 0 Å². The van der Waals surface area contributed by atoms with Gasteiger partial charge in [-0.15, -0.1) is 0 Å². The maximum absolute atomic E-state index is 10.7. The Labute approximate surface area is 60.6 Å². The Morgan fingerprint density at radius 2 is 1.90 bits per heavy atom. The van der Waals surface area contributed by atoms with Crippen LogP contribution in [0.5, 0.6) is 0 Å². The summed E-state index contributed by atoms with van der Waals surface area (Å²) in [6.07, 6.45) is 0.183. The molecule has 0 saturated carbocycles. The van der Waals surface area contributed by atoms with Gasteiger partial charge in [0.2, 0.25) is 5.91 Å². The number of amides is 1. The number of hydrogen-bond donors (Lipinski definition) is 0. The molecule has 0 saturated heterocycles. The number of carbonyl (C=O) groups excluding carboxylic acids is 2. The summed E-state index contributed by atoms with van der Waals surface area (Å²) in [4.78, 5) is 20.8. The third kappa shape index (κ3) is 5.28. The Bertz CT molecular complexity index is 141. The molecule has 0 bridgehead atoms. The van der Waals surface area contributed by atoms with Crippen molar-refractivity contribution in [1.29, 1.82) is 0 Å². The molecule has 0 atom stereocenters. The lowest BCUT2D eigenvalue weighted by Gasteiger charge is -1.99. The van der Waals surface area contributed by atoms with E-state index in [0.29, 0.717) is 6.42 Å². The van der Waals surface area contributed by atoms with Crippen LogP contribution in [0.15, 0.2) is 0 Å². The molecular formula is C7H12NO2. The van der Waals surface area contributed by atoms with Gasteiger partial charge in [-0.2, -0.15) is 0 Å². The molecule has 0 spiro atoms. The van der Waals surface area contributed by atoms with Crippen LogP contribution in [0.3, 0.4) is 0 Å². The first-order valence-corrected chi connectivity index (χ1v) is 3.28. The Balaban J connectivity index is 3.54. The topological polar surface area (TPSA) is 57.9 Å². The van der Waals surface area contributed by atoms with Gasteiger partial charge in [0.25, 0.3) is 0 Å². The van der Waals surface area contributed by atoms with Gasteiger partial charge in [-0.1, -0.05) is 13.8 Å². The molecule has 0 aliphatic rings. The molecule has 10 heavy (non-hydrogen) atoms. The average molecular weight is 142 g/mol. The number of hydrogen-bond acceptors (Lipinski definition) is 2. The van der Waals surface area contributed by atoms with E-state index in [4.69, 9.17) is 5.73 Å². The fourth-order valence-electron chi connectivity index (χ4n) is 0.707. The first kappa shape index (κ1) is 9.14. The van der Waals surface area contributed by atoms with E-state index >= 15 is 0 Å². The van der Waals surface area contributed by atoms with E-state index in [1.807, 2.05) is 13.8 Å². The van der Waals surface area contributed by atoms with Gasteiger partial charge in [-0.25, -0.2) is 0 Å². The maximum atomic E-state index is 10.7. The third-order valence-corrected chi connectivity index (χ3v) is 0.994. The van der Waals surface area contributed by atoms with Crippen LogP contribution in [0.4, 0.5) is 0 Å². The highest BCUT2D eigenvalue weighted by Crippen LogP contribution is 2.01. The van der Waals surface area contributed by atoms with E-state index < -0.39 is 5.91 Å². The van der Waals surface area contributed by atoms with Gasteiger partial charge in [0.05, 0.1) is 6.42 Å². The highest BCUT2D eigenvalue weighted by Gasteiger charge is 2.07. The molecule has 3 heteroatoms. The van der Waals surface area contributed by atoms with Crippen LogP contribution in [0.2, 0.25) is 0 Å². The lowest BCUT2D eigenvalue weighted by Crippen LogP contribution is -2.09. The minimum atomic E-state index is -0.786. The van der Waals surface area contributed by atoms with Crippen LogP contribution in [-0.4, -0.2) is 11.7 Å². The number of ketones is 1. The van der Waals surface area contributed by atoms with Gasteiger partial charge in [0.15, 0.2) is 0 Å². The third-order valence-electron chi connectivity index (χ3n) is 0.994. The Hall–Kier alpha value is -0.860. The summed E-state index contributed by atoms with van der Waals surface area (Å²) in [5.41, 5.74) is 6.49. The molecule has 0 aliphatic carbocycles. The van der Waals surface area contributed by atoms with Crippen molar-refractivity contribution in [3.05, 3.63) is 0 Å². The van der Waals surface area contributed by atoms with E-state index in [1.54, 1.807) is 0 Å². The molecule has 57 valence electrons. The average Bonchev–Trinajstić information content (AvgIpc) is 1.58. The molecule has 1 N–H and O–H groups in total. The Morgan fingerprint density at radius 3 is 2.20 bits per heavy atom. The number of carbonyl (C=O) groups is 2. The quantitative estimate of drug-likeness (QED) is 0.545. The standard InChI is InChI=1S/C7H12NO2/c1-5(2)3-6(9)4-7(8)10/h5,8H,3-4H2,1-2H3. The van der Waals surface area contributed by atoms with E-state index in [-0.39, 0.29) is 18.1 Å². The molecule has 0 aromatic heterocycles. The SMILES string of the molecule is CC(C)CC(=O)CC([NH])=O. The van der Waals surface area contributed by atoms with E-state index in [9.17, 15) is 9.59 Å². The lowest BCUT2D eigenvalue weighted by molar-refractivity contribution is -0.127. The molecule has 0 aliphatic heterocycles. The summed E-state index contributed by atoms with van der Waals surface area (Å²) in [6.45, 7) is 3.82. The zero-order valence-electron chi connectivity index (χ0n) is 6.31. The maximum Gasteiger partial charge on any atom is 0.245 e. The molecular weight excluding hydrogens is 130 g/mol. The summed E-state index contributed by atoms with van der Waals surface area (Å²) in [6, 6.07) is 0. The van der Waals surface area contributed by atoms with Gasteiger partial charge < -0.3 is 0 Å². The van der Waals surface area contributed by atoms with Crippen LogP contribution < -0.4 is 5.73 Å². The highest BCUT2D eigenvalue weighted by atomic mass is 16.2. The largest absolute Gasteiger partial charge is 0.299 e. The van der Waals surface area contributed by atoms with E-state index in [2.05, 4.69) is 0 Å². The first-order valence-electron chi connectivity index (χ1n) is 3.28. The minimum absolute atomic E-state index is 0.130. The molecule has 0 fully saturated rings. The molecule has 0 unspecified atom stereocenters. The van der Waals surface area contributed by atoms with Gasteiger partial charge in [-0.05, 0) is 5.92 Å². The van der Waals surface area contributed by atoms with Crippen molar-refractivity contribution < 1.29 is 9.59 Å². The second-order valence-electron chi connectivity index (χ2n) is 2.74. The van der Waals surface area contributed by atoms with Crippen molar-refractivity contribution in [3.8, 4) is 0 Å². The smallest absolute Gasteiger partial charge is 0.245 e. The highest BCUT2D eigenvalue weighted by molar-refractivity contribution is 5.96. The van der Waals surface area contributed by atoms with Gasteiger partial charge >= 0.3 is 0 Å². The molecule has 0 aromatic carbocycles. The van der Waals surface area contributed by atoms with Crippen LogP contribution >= 0.6 is 0 Å². The van der Waals surface area contributed by atoms with Gasteiger partial charge in [0.1, 0.15) is 5.78 Å². The Kier molecular flexibility index (Phi) is 3.69. The van der Waals surface area contributed by atoms with Crippen molar-refractivity contribution in [2.75, 3.05) is 0 Å². The van der Waals surface area contributed by atoms with Crippen LogP contribution in [-0.2, 0) is 9.59 Å². The fourth-order valence-corrected chi connectivity index (χ4v) is 0.707. The first-order chi connectivity index (χ1) is 4.52. The van der Waals surface area contributed by atoms with Crippen LogP contribution in [0, 0.1) is 5.92 Å². The molecule has 1 radical (unpaired) electrons. The number of nitrogens with one attached hydrogen (secondary N) is 1.